The maximum Gasteiger partial charge on any atom is 0.332 e. The molecule has 43 heavy (non-hydrogen) atoms. The Bertz CT molecular complexity index is 773. The Morgan fingerprint density at radius 1 is 0.791 bits per heavy atom. The molecule has 8 nitrogen and oxygen atoms in total. The molecule has 0 saturated heterocycles. The van der Waals surface area contributed by atoms with E-state index in [9.17, 15) is 14.4 Å². The second-order valence-electron chi connectivity index (χ2n) is 13.5. The molecule has 0 aromatic rings. The first kappa shape index (κ1) is 39.4. The fraction of sp³-hybridized carbons (Fsp3) is 0.914. The Kier molecular flexibility index (Phi) is 20.1. The van der Waals surface area contributed by atoms with Gasteiger partial charge in [-0.25, -0.2) is 4.79 Å². The minimum atomic E-state index is -1.03. The number of esters is 2. The van der Waals surface area contributed by atoms with E-state index in [1.807, 2.05) is 34.6 Å². The second kappa shape index (κ2) is 21.9. The van der Waals surface area contributed by atoms with Crippen LogP contribution in [0.25, 0.3) is 0 Å². The number of nitrogens with one attached hydrogen (secondary N) is 1. The SMILES string of the molecule is CCCCCCCCCCCCCCCCCCOC(=O)C(COC(=O)C1(C)CC1(C)OC(C)(C)CCOCC)NC=O. The zero-order valence-corrected chi connectivity index (χ0v) is 28.6. The van der Waals surface area contributed by atoms with Gasteiger partial charge in [0, 0.05) is 13.2 Å². The lowest BCUT2D eigenvalue weighted by Gasteiger charge is -2.31. The van der Waals surface area contributed by atoms with Gasteiger partial charge in [0.15, 0.2) is 6.04 Å². The zero-order valence-electron chi connectivity index (χ0n) is 28.6. The molecule has 3 unspecified atom stereocenters. The standard InChI is InChI=1S/C35H65NO7/c1-7-9-10-11-12-13-14-15-16-17-18-19-20-21-22-23-25-41-31(38)30(36-29-37)27-42-32(39)34(5)28-35(34,6)43-33(3,4)24-26-40-8-2/h29-30H,7-28H2,1-6H3,(H,36,37). The maximum atomic E-state index is 13.0. The smallest absolute Gasteiger partial charge is 0.332 e. The third kappa shape index (κ3) is 16.3. The molecule has 252 valence electrons. The van der Waals surface area contributed by atoms with Crippen molar-refractivity contribution in [2.75, 3.05) is 26.4 Å². The lowest BCUT2D eigenvalue weighted by molar-refractivity contribution is -0.162. The maximum absolute atomic E-state index is 13.0. The van der Waals surface area contributed by atoms with E-state index in [-0.39, 0.29) is 6.61 Å². The molecule has 0 radical (unpaired) electrons. The van der Waals surface area contributed by atoms with Gasteiger partial charge in [0.05, 0.1) is 23.2 Å². The van der Waals surface area contributed by atoms with Crippen molar-refractivity contribution in [3.8, 4) is 0 Å². The van der Waals surface area contributed by atoms with Crippen molar-refractivity contribution >= 4 is 18.3 Å². The topological polar surface area (TPSA) is 100 Å². The van der Waals surface area contributed by atoms with Gasteiger partial charge in [-0.2, -0.15) is 0 Å². The first-order valence-corrected chi connectivity index (χ1v) is 17.4. The number of ether oxygens (including phenoxy) is 4. The molecular weight excluding hydrogens is 546 g/mol. The monoisotopic (exact) mass is 611 g/mol. The van der Waals surface area contributed by atoms with E-state index in [0.717, 1.165) is 19.3 Å². The van der Waals surface area contributed by atoms with E-state index in [1.165, 1.54) is 83.5 Å². The van der Waals surface area contributed by atoms with Crippen molar-refractivity contribution < 1.29 is 33.3 Å². The molecule has 1 aliphatic rings. The number of unbranched alkanes of at least 4 members (excludes halogenated alkanes) is 15. The summed E-state index contributed by atoms with van der Waals surface area (Å²) in [7, 11) is 0. The summed E-state index contributed by atoms with van der Waals surface area (Å²) in [6, 6.07) is -1.03. The summed E-state index contributed by atoms with van der Waals surface area (Å²) in [6.45, 7) is 13.2. The van der Waals surface area contributed by atoms with E-state index >= 15 is 0 Å². The molecule has 3 atom stereocenters. The van der Waals surface area contributed by atoms with Gasteiger partial charge < -0.3 is 24.3 Å². The molecule has 0 aromatic heterocycles. The molecule has 8 heteroatoms. The number of carbonyl (C=O) groups excluding carboxylic acids is 3. The number of carbonyl (C=O) groups is 3. The third-order valence-corrected chi connectivity index (χ3v) is 8.91. The van der Waals surface area contributed by atoms with Crippen molar-refractivity contribution in [3.63, 3.8) is 0 Å². The quantitative estimate of drug-likeness (QED) is 0.0522. The van der Waals surface area contributed by atoms with Crippen LogP contribution in [-0.4, -0.2) is 62.0 Å². The van der Waals surface area contributed by atoms with Gasteiger partial charge in [-0.1, -0.05) is 103 Å². The van der Waals surface area contributed by atoms with Crippen LogP contribution in [0, 0.1) is 5.41 Å². The van der Waals surface area contributed by atoms with E-state index in [1.54, 1.807) is 0 Å². The molecule has 0 aliphatic heterocycles. The fourth-order valence-electron chi connectivity index (χ4n) is 5.70. The summed E-state index contributed by atoms with van der Waals surface area (Å²) in [6.07, 6.45) is 22.1. The minimum Gasteiger partial charge on any atom is -0.464 e. The van der Waals surface area contributed by atoms with Gasteiger partial charge in [-0.05, 0) is 53.9 Å². The Labute approximate surface area is 263 Å². The molecule has 1 aliphatic carbocycles. The summed E-state index contributed by atoms with van der Waals surface area (Å²) >= 11 is 0. The molecule has 0 heterocycles. The van der Waals surface area contributed by atoms with Crippen molar-refractivity contribution in [2.45, 2.75) is 174 Å². The average Bonchev–Trinajstić information content (AvgIpc) is 3.51. The summed E-state index contributed by atoms with van der Waals surface area (Å²) in [5, 5.41) is 2.43. The molecule has 0 spiro atoms. The molecular formula is C35H65NO7. The predicted molar refractivity (Wildman–Crippen MR) is 172 cm³/mol. The van der Waals surface area contributed by atoms with Gasteiger partial charge in [0.25, 0.3) is 0 Å². The van der Waals surface area contributed by atoms with Crippen molar-refractivity contribution in [1.82, 2.24) is 5.32 Å². The number of hydrogen-bond acceptors (Lipinski definition) is 7. The molecule has 1 rings (SSSR count). The number of amides is 1. The van der Waals surface area contributed by atoms with Crippen molar-refractivity contribution in [3.05, 3.63) is 0 Å². The van der Waals surface area contributed by atoms with Gasteiger partial charge >= 0.3 is 11.9 Å². The highest BCUT2D eigenvalue weighted by Crippen LogP contribution is 2.60. The van der Waals surface area contributed by atoms with E-state index in [4.69, 9.17) is 18.9 Å². The lowest BCUT2D eigenvalue weighted by atomic mass is 10.0. The van der Waals surface area contributed by atoms with Gasteiger partial charge in [0.1, 0.15) is 6.61 Å². The minimum absolute atomic E-state index is 0.269. The van der Waals surface area contributed by atoms with Gasteiger partial charge in [-0.3, -0.25) is 9.59 Å². The molecule has 1 amide bonds. The van der Waals surface area contributed by atoms with Crippen molar-refractivity contribution in [1.29, 1.82) is 0 Å². The van der Waals surface area contributed by atoms with Crippen LogP contribution < -0.4 is 5.32 Å². The predicted octanol–water partition coefficient (Wildman–Crippen LogP) is 7.84. The van der Waals surface area contributed by atoms with Crippen LogP contribution >= 0.6 is 0 Å². The fourth-order valence-corrected chi connectivity index (χ4v) is 5.70. The van der Waals surface area contributed by atoms with Crippen LogP contribution in [0.2, 0.25) is 0 Å². The summed E-state index contributed by atoms with van der Waals surface area (Å²) in [5.41, 5.74) is -1.94. The Morgan fingerprint density at radius 3 is 1.79 bits per heavy atom. The van der Waals surface area contributed by atoms with Crippen LogP contribution in [0.15, 0.2) is 0 Å². The summed E-state index contributed by atoms with van der Waals surface area (Å²) < 4.78 is 22.6. The normalized spacial score (nSPS) is 20.4. The first-order valence-electron chi connectivity index (χ1n) is 17.4. The van der Waals surface area contributed by atoms with Crippen LogP contribution in [0.3, 0.4) is 0 Å². The highest BCUT2D eigenvalue weighted by molar-refractivity contribution is 5.83. The number of rotatable bonds is 29. The highest BCUT2D eigenvalue weighted by atomic mass is 16.6. The zero-order chi connectivity index (χ0) is 32.0. The van der Waals surface area contributed by atoms with E-state index in [2.05, 4.69) is 12.2 Å². The number of hydrogen-bond donors (Lipinski definition) is 1. The molecule has 0 bridgehead atoms. The Morgan fingerprint density at radius 2 is 1.30 bits per heavy atom. The van der Waals surface area contributed by atoms with Crippen LogP contribution in [-0.2, 0) is 33.3 Å². The van der Waals surface area contributed by atoms with Crippen molar-refractivity contribution in [2.24, 2.45) is 5.41 Å². The first-order chi connectivity index (χ1) is 20.5. The van der Waals surface area contributed by atoms with Gasteiger partial charge in [0.2, 0.25) is 6.41 Å². The highest BCUT2D eigenvalue weighted by Gasteiger charge is 2.69. The Balaban J connectivity index is 2.16. The summed E-state index contributed by atoms with van der Waals surface area (Å²) in [4.78, 5) is 36.6. The lowest BCUT2D eigenvalue weighted by Crippen LogP contribution is -2.43. The second-order valence-corrected chi connectivity index (χ2v) is 13.5. The van der Waals surface area contributed by atoms with Crippen LogP contribution in [0.4, 0.5) is 0 Å². The Hall–Kier alpha value is -1.67. The van der Waals surface area contributed by atoms with E-state index in [0.29, 0.717) is 39.1 Å². The molecule has 0 aromatic carbocycles. The van der Waals surface area contributed by atoms with Crippen LogP contribution in [0.1, 0.15) is 157 Å². The third-order valence-electron chi connectivity index (χ3n) is 8.91. The largest absolute Gasteiger partial charge is 0.464 e. The summed E-state index contributed by atoms with van der Waals surface area (Å²) in [5.74, 6) is -1.03. The van der Waals surface area contributed by atoms with E-state index < -0.39 is 34.6 Å². The van der Waals surface area contributed by atoms with Gasteiger partial charge in [-0.15, -0.1) is 0 Å². The molecule has 1 saturated carbocycles. The van der Waals surface area contributed by atoms with Crippen LogP contribution in [0.5, 0.6) is 0 Å². The molecule has 1 N–H and O–H groups in total. The molecule has 1 fully saturated rings. The average molecular weight is 612 g/mol.